The first-order valence-corrected chi connectivity index (χ1v) is 8.52. The average Bonchev–Trinajstić information content (AvgIpc) is 2.99. The van der Waals surface area contributed by atoms with Gasteiger partial charge in [-0.3, -0.25) is 4.98 Å². The first kappa shape index (κ1) is 18.8. The normalized spacial score (nSPS) is 12.2. The summed E-state index contributed by atoms with van der Waals surface area (Å²) in [6, 6.07) is 10.4. The Balaban J connectivity index is 1.57. The monoisotopic (exact) mass is 373 g/mol. The van der Waals surface area contributed by atoms with Crippen molar-refractivity contribution in [2.24, 2.45) is 7.05 Å². The van der Waals surface area contributed by atoms with Crippen LogP contribution in [0.3, 0.4) is 0 Å². The van der Waals surface area contributed by atoms with Crippen LogP contribution >= 0.6 is 0 Å². The second-order valence-electron chi connectivity index (χ2n) is 6.22. The van der Waals surface area contributed by atoms with Crippen molar-refractivity contribution in [3.63, 3.8) is 0 Å². The van der Waals surface area contributed by atoms with Crippen LogP contribution in [-0.4, -0.2) is 19.7 Å². The lowest BCUT2D eigenvalue weighted by Gasteiger charge is -2.16. The zero-order valence-electron chi connectivity index (χ0n) is 15.4. The molecule has 2 heterocycles. The molecule has 0 aliphatic heterocycles. The highest BCUT2D eigenvalue weighted by molar-refractivity contribution is 5.48. The SMILES string of the molecule is Cc1nnc(COc2ccc(NC(C)c3ccc(C(F)F)nc3)cc2)n1C. The molecule has 0 saturated heterocycles. The van der Waals surface area contributed by atoms with Gasteiger partial charge in [-0.15, -0.1) is 10.2 Å². The molecule has 3 rings (SSSR count). The Morgan fingerprint density at radius 3 is 2.41 bits per heavy atom. The summed E-state index contributed by atoms with van der Waals surface area (Å²) >= 11 is 0. The second kappa shape index (κ2) is 8.11. The summed E-state index contributed by atoms with van der Waals surface area (Å²) in [7, 11) is 1.89. The number of nitrogens with one attached hydrogen (secondary N) is 1. The van der Waals surface area contributed by atoms with Crippen molar-refractivity contribution in [3.05, 3.63) is 65.5 Å². The van der Waals surface area contributed by atoms with E-state index in [1.165, 1.54) is 12.3 Å². The molecule has 0 bridgehead atoms. The molecule has 0 spiro atoms. The van der Waals surface area contributed by atoms with Crippen LogP contribution in [0.5, 0.6) is 5.75 Å². The van der Waals surface area contributed by atoms with Crippen molar-refractivity contribution in [1.29, 1.82) is 0 Å². The van der Waals surface area contributed by atoms with Crippen LogP contribution < -0.4 is 10.1 Å². The number of aryl methyl sites for hydroxylation is 1. The number of aromatic nitrogens is 4. The van der Waals surface area contributed by atoms with Crippen LogP contribution in [0.2, 0.25) is 0 Å². The predicted molar refractivity (Wildman–Crippen MR) is 97.7 cm³/mol. The molecule has 0 amide bonds. The van der Waals surface area contributed by atoms with E-state index in [4.69, 9.17) is 4.74 Å². The molecule has 0 aliphatic rings. The van der Waals surface area contributed by atoms with E-state index in [2.05, 4.69) is 20.5 Å². The molecule has 0 saturated carbocycles. The zero-order chi connectivity index (χ0) is 19.4. The fourth-order valence-electron chi connectivity index (χ4n) is 2.51. The molecule has 27 heavy (non-hydrogen) atoms. The number of rotatable bonds is 7. The van der Waals surface area contributed by atoms with E-state index < -0.39 is 6.43 Å². The molecule has 6 nitrogen and oxygen atoms in total. The van der Waals surface area contributed by atoms with E-state index in [1.54, 1.807) is 6.07 Å². The minimum absolute atomic E-state index is 0.0717. The smallest absolute Gasteiger partial charge is 0.280 e. The molecule has 2 aromatic heterocycles. The topological polar surface area (TPSA) is 64.9 Å². The van der Waals surface area contributed by atoms with Gasteiger partial charge in [-0.1, -0.05) is 6.07 Å². The minimum Gasteiger partial charge on any atom is -0.486 e. The van der Waals surface area contributed by atoms with Crippen molar-refractivity contribution in [2.45, 2.75) is 32.9 Å². The van der Waals surface area contributed by atoms with Gasteiger partial charge in [-0.2, -0.15) is 0 Å². The Kier molecular flexibility index (Phi) is 5.63. The molecular weight excluding hydrogens is 352 g/mol. The van der Waals surface area contributed by atoms with Crippen molar-refractivity contribution in [2.75, 3.05) is 5.32 Å². The van der Waals surface area contributed by atoms with Gasteiger partial charge in [0, 0.05) is 18.9 Å². The third-order valence-electron chi connectivity index (χ3n) is 4.32. The van der Waals surface area contributed by atoms with Crippen LogP contribution in [0.25, 0.3) is 0 Å². The molecule has 8 heteroatoms. The Hall–Kier alpha value is -3.03. The molecule has 1 atom stereocenters. The average molecular weight is 373 g/mol. The molecular formula is C19H21F2N5O. The Morgan fingerprint density at radius 1 is 1.11 bits per heavy atom. The first-order chi connectivity index (χ1) is 12.9. The molecule has 0 radical (unpaired) electrons. The molecule has 1 N–H and O–H groups in total. The van der Waals surface area contributed by atoms with E-state index in [9.17, 15) is 8.78 Å². The van der Waals surface area contributed by atoms with Crippen molar-refractivity contribution >= 4 is 5.69 Å². The van der Waals surface area contributed by atoms with Gasteiger partial charge in [-0.05, 0) is 49.7 Å². The summed E-state index contributed by atoms with van der Waals surface area (Å²) in [5, 5.41) is 11.4. The largest absolute Gasteiger partial charge is 0.486 e. The predicted octanol–water partition coefficient (Wildman–Crippen LogP) is 4.21. The van der Waals surface area contributed by atoms with Gasteiger partial charge >= 0.3 is 0 Å². The molecule has 0 aliphatic carbocycles. The number of pyridine rings is 1. The maximum absolute atomic E-state index is 12.6. The standard InChI is InChI=1S/C19H21F2N5O/c1-12(14-4-9-17(19(20)21)22-10-14)23-15-5-7-16(8-6-15)27-11-18-25-24-13(2)26(18)3/h4-10,12,19,23H,11H2,1-3H3. The highest BCUT2D eigenvalue weighted by atomic mass is 19.3. The van der Waals surface area contributed by atoms with Crippen LogP contribution in [0.15, 0.2) is 42.6 Å². The maximum atomic E-state index is 12.6. The number of hydrogen-bond donors (Lipinski definition) is 1. The summed E-state index contributed by atoms with van der Waals surface area (Å²) in [4.78, 5) is 3.79. The van der Waals surface area contributed by atoms with Gasteiger partial charge in [0.2, 0.25) is 0 Å². The van der Waals surface area contributed by atoms with Gasteiger partial charge in [0.05, 0.1) is 6.04 Å². The van der Waals surface area contributed by atoms with Gasteiger partial charge < -0.3 is 14.6 Å². The lowest BCUT2D eigenvalue weighted by atomic mass is 10.1. The highest BCUT2D eigenvalue weighted by Crippen LogP contribution is 2.23. The number of halogens is 2. The van der Waals surface area contributed by atoms with Crippen molar-refractivity contribution < 1.29 is 13.5 Å². The summed E-state index contributed by atoms with van der Waals surface area (Å²) in [6.45, 7) is 4.16. The maximum Gasteiger partial charge on any atom is 0.280 e. The van der Waals surface area contributed by atoms with Crippen LogP contribution in [0.1, 0.15) is 42.3 Å². The fourth-order valence-corrected chi connectivity index (χ4v) is 2.51. The first-order valence-electron chi connectivity index (χ1n) is 8.52. The lowest BCUT2D eigenvalue weighted by Crippen LogP contribution is -2.07. The number of alkyl halides is 2. The molecule has 1 aromatic carbocycles. The van der Waals surface area contributed by atoms with E-state index in [1.807, 2.05) is 49.7 Å². The third-order valence-corrected chi connectivity index (χ3v) is 4.32. The Labute approximate surface area is 156 Å². The zero-order valence-corrected chi connectivity index (χ0v) is 15.4. The summed E-state index contributed by atoms with van der Waals surface area (Å²) in [5.41, 5.74) is 1.50. The number of nitrogens with zero attached hydrogens (tertiary/aromatic N) is 4. The van der Waals surface area contributed by atoms with E-state index in [-0.39, 0.29) is 11.7 Å². The van der Waals surface area contributed by atoms with E-state index in [0.717, 1.165) is 28.6 Å². The van der Waals surface area contributed by atoms with Crippen LogP contribution in [0, 0.1) is 6.92 Å². The van der Waals surface area contributed by atoms with E-state index >= 15 is 0 Å². The van der Waals surface area contributed by atoms with Gasteiger partial charge in [0.1, 0.15) is 23.9 Å². The number of benzene rings is 1. The molecule has 0 fully saturated rings. The van der Waals surface area contributed by atoms with Crippen LogP contribution in [0.4, 0.5) is 14.5 Å². The summed E-state index contributed by atoms with van der Waals surface area (Å²) < 4.78 is 32.8. The third kappa shape index (κ3) is 4.58. The second-order valence-corrected chi connectivity index (χ2v) is 6.22. The molecule has 1 unspecified atom stereocenters. The number of ether oxygens (including phenoxy) is 1. The lowest BCUT2D eigenvalue weighted by molar-refractivity contribution is 0.146. The van der Waals surface area contributed by atoms with Gasteiger partial charge in [0.25, 0.3) is 6.43 Å². The minimum atomic E-state index is -2.56. The number of anilines is 1. The summed E-state index contributed by atoms with van der Waals surface area (Å²) in [6.07, 6.45) is -1.08. The highest BCUT2D eigenvalue weighted by Gasteiger charge is 2.11. The fraction of sp³-hybridized carbons (Fsp3) is 0.316. The molecule has 3 aromatic rings. The van der Waals surface area contributed by atoms with Gasteiger partial charge in [0.15, 0.2) is 5.82 Å². The quantitative estimate of drug-likeness (QED) is 0.672. The van der Waals surface area contributed by atoms with Crippen LogP contribution in [-0.2, 0) is 13.7 Å². The number of hydrogen-bond acceptors (Lipinski definition) is 5. The van der Waals surface area contributed by atoms with Crippen molar-refractivity contribution in [3.8, 4) is 5.75 Å². The van der Waals surface area contributed by atoms with Crippen molar-refractivity contribution in [1.82, 2.24) is 19.7 Å². The summed E-state index contributed by atoms with van der Waals surface area (Å²) in [5.74, 6) is 2.30. The van der Waals surface area contributed by atoms with Gasteiger partial charge in [-0.25, -0.2) is 8.78 Å². The molecule has 142 valence electrons. The van der Waals surface area contributed by atoms with E-state index in [0.29, 0.717) is 6.61 Å². The Morgan fingerprint density at radius 2 is 1.85 bits per heavy atom. The Bertz CT molecular complexity index is 878.